The zero-order valence-corrected chi connectivity index (χ0v) is 16.0. The predicted octanol–water partition coefficient (Wildman–Crippen LogP) is 2.45. The van der Waals surface area contributed by atoms with Crippen LogP contribution >= 0.6 is 11.6 Å². The number of nitrogens with one attached hydrogen (secondary N) is 1. The zero-order chi connectivity index (χ0) is 19.1. The summed E-state index contributed by atoms with van der Waals surface area (Å²) in [6.45, 7) is 3.46. The van der Waals surface area contributed by atoms with Gasteiger partial charge in [0, 0.05) is 18.1 Å². The Labute approximate surface area is 158 Å². The number of hydrogen-bond acceptors (Lipinski definition) is 3. The highest BCUT2D eigenvalue weighted by molar-refractivity contribution is 6.30. The Balaban J connectivity index is 1.60. The van der Waals surface area contributed by atoms with Crippen molar-refractivity contribution in [2.24, 2.45) is 5.92 Å². The highest BCUT2D eigenvalue weighted by atomic mass is 35.5. The fourth-order valence-corrected chi connectivity index (χ4v) is 3.51. The van der Waals surface area contributed by atoms with Gasteiger partial charge in [-0.1, -0.05) is 23.7 Å². The third-order valence-electron chi connectivity index (χ3n) is 5.49. The fraction of sp³-hybridized carbons (Fsp3) is 0.526. The molecule has 2 unspecified atom stereocenters. The number of amides is 4. The third-order valence-corrected chi connectivity index (χ3v) is 5.74. The lowest BCUT2D eigenvalue weighted by atomic mass is 9.96. The highest BCUT2D eigenvalue weighted by Gasteiger charge is 2.56. The molecule has 0 aromatic heterocycles. The normalized spacial score (nSPS) is 23.8. The molecule has 7 heteroatoms. The van der Waals surface area contributed by atoms with Gasteiger partial charge in [0.1, 0.15) is 12.1 Å². The van der Waals surface area contributed by atoms with E-state index in [9.17, 15) is 14.4 Å². The van der Waals surface area contributed by atoms with Crippen molar-refractivity contribution in [3.05, 3.63) is 34.9 Å². The highest BCUT2D eigenvalue weighted by Crippen LogP contribution is 2.42. The lowest BCUT2D eigenvalue weighted by molar-refractivity contribution is -0.139. The Morgan fingerprint density at radius 3 is 2.54 bits per heavy atom. The van der Waals surface area contributed by atoms with Crippen LogP contribution in [0.15, 0.2) is 24.3 Å². The molecule has 0 spiro atoms. The van der Waals surface area contributed by atoms with Crippen LogP contribution < -0.4 is 5.32 Å². The molecule has 0 bridgehead atoms. The lowest BCUT2D eigenvalue weighted by Crippen LogP contribution is -2.48. The zero-order valence-electron chi connectivity index (χ0n) is 15.3. The van der Waals surface area contributed by atoms with Crippen LogP contribution in [0.3, 0.4) is 0 Å². The second-order valence-electron chi connectivity index (χ2n) is 7.48. The number of carbonyl (C=O) groups is 3. The molecular formula is C19H24ClN3O3. The van der Waals surface area contributed by atoms with E-state index in [1.54, 1.807) is 18.9 Å². The van der Waals surface area contributed by atoms with Gasteiger partial charge >= 0.3 is 6.03 Å². The molecule has 1 saturated heterocycles. The molecule has 3 rings (SSSR count). The van der Waals surface area contributed by atoms with Crippen LogP contribution in [0.1, 0.15) is 32.3 Å². The number of halogens is 1. The van der Waals surface area contributed by atoms with Crippen LogP contribution in [-0.2, 0) is 16.0 Å². The Morgan fingerprint density at radius 1 is 1.35 bits per heavy atom. The topological polar surface area (TPSA) is 69.7 Å². The Hall–Kier alpha value is -2.08. The van der Waals surface area contributed by atoms with Crippen molar-refractivity contribution in [1.82, 2.24) is 15.1 Å². The fourth-order valence-electron chi connectivity index (χ4n) is 3.39. The van der Waals surface area contributed by atoms with Gasteiger partial charge in [-0.05, 0) is 56.7 Å². The smallest absolute Gasteiger partial charge is 0.325 e. The Morgan fingerprint density at radius 2 is 1.96 bits per heavy atom. The van der Waals surface area contributed by atoms with Crippen LogP contribution in [0.5, 0.6) is 0 Å². The van der Waals surface area contributed by atoms with Crippen LogP contribution in [-0.4, -0.2) is 52.8 Å². The molecule has 1 aliphatic carbocycles. The molecule has 2 aliphatic rings. The number of nitrogens with zero attached hydrogens (tertiary/aromatic N) is 2. The maximum Gasteiger partial charge on any atom is 0.325 e. The van der Waals surface area contributed by atoms with Crippen molar-refractivity contribution in [3.8, 4) is 0 Å². The maximum absolute atomic E-state index is 12.6. The summed E-state index contributed by atoms with van der Waals surface area (Å²) in [5, 5.41) is 3.43. The summed E-state index contributed by atoms with van der Waals surface area (Å²) < 4.78 is 0. The van der Waals surface area contributed by atoms with E-state index in [2.05, 4.69) is 5.32 Å². The quantitative estimate of drug-likeness (QED) is 0.774. The summed E-state index contributed by atoms with van der Waals surface area (Å²) >= 11 is 5.89. The average molecular weight is 378 g/mol. The number of benzene rings is 1. The molecule has 4 amide bonds. The van der Waals surface area contributed by atoms with Crippen molar-refractivity contribution in [2.45, 2.75) is 44.7 Å². The maximum atomic E-state index is 12.6. The minimum absolute atomic E-state index is 0.0701. The SMILES string of the molecule is CC(Cc1ccc(Cl)cc1)N(C)C(=O)CN1C(=O)NC(C)(C2CC2)C1=O. The number of urea groups is 1. The molecule has 2 atom stereocenters. The van der Waals surface area contributed by atoms with Gasteiger partial charge in [-0.15, -0.1) is 0 Å². The summed E-state index contributed by atoms with van der Waals surface area (Å²) in [5.74, 6) is -0.368. The first-order chi connectivity index (χ1) is 12.2. The van der Waals surface area contributed by atoms with Gasteiger partial charge in [0.05, 0.1) is 0 Å². The number of hydrogen-bond donors (Lipinski definition) is 1. The summed E-state index contributed by atoms with van der Waals surface area (Å²) in [5.41, 5.74) is 0.211. The molecule has 1 heterocycles. The van der Waals surface area contributed by atoms with Gasteiger partial charge in [0.15, 0.2) is 0 Å². The van der Waals surface area contributed by atoms with Gasteiger partial charge in [-0.3, -0.25) is 14.5 Å². The number of carbonyl (C=O) groups excluding carboxylic acids is 3. The van der Waals surface area contributed by atoms with Gasteiger partial charge in [0.2, 0.25) is 5.91 Å². The van der Waals surface area contributed by atoms with Crippen molar-refractivity contribution in [1.29, 1.82) is 0 Å². The van der Waals surface area contributed by atoms with Crippen LogP contribution in [0.25, 0.3) is 0 Å². The van der Waals surface area contributed by atoms with Gasteiger partial charge < -0.3 is 10.2 Å². The summed E-state index contributed by atoms with van der Waals surface area (Å²) in [4.78, 5) is 40.1. The van der Waals surface area contributed by atoms with Crippen molar-refractivity contribution in [3.63, 3.8) is 0 Å². The largest absolute Gasteiger partial charge is 0.341 e. The molecule has 140 valence electrons. The Bertz CT molecular complexity index is 732. The molecule has 1 saturated carbocycles. The first-order valence-electron chi connectivity index (χ1n) is 8.86. The molecular weight excluding hydrogens is 354 g/mol. The van der Waals surface area contributed by atoms with E-state index in [0.717, 1.165) is 23.3 Å². The number of likely N-dealkylation sites (N-methyl/N-ethyl adjacent to an activating group) is 1. The van der Waals surface area contributed by atoms with E-state index in [1.165, 1.54) is 0 Å². The van der Waals surface area contributed by atoms with E-state index in [1.807, 2.05) is 31.2 Å². The monoisotopic (exact) mass is 377 g/mol. The predicted molar refractivity (Wildman–Crippen MR) is 98.8 cm³/mol. The number of rotatable bonds is 6. The van der Waals surface area contributed by atoms with E-state index < -0.39 is 11.6 Å². The first kappa shape index (κ1) is 18.7. The molecule has 1 aromatic carbocycles. The van der Waals surface area contributed by atoms with Crippen molar-refractivity contribution >= 4 is 29.4 Å². The van der Waals surface area contributed by atoms with Gasteiger partial charge in [0.25, 0.3) is 5.91 Å². The molecule has 2 fully saturated rings. The van der Waals surface area contributed by atoms with Crippen molar-refractivity contribution < 1.29 is 14.4 Å². The van der Waals surface area contributed by atoms with Gasteiger partial charge in [-0.25, -0.2) is 4.79 Å². The minimum Gasteiger partial charge on any atom is -0.341 e. The number of imide groups is 1. The van der Waals surface area contributed by atoms with E-state index in [0.29, 0.717) is 11.4 Å². The molecule has 1 N–H and O–H groups in total. The van der Waals surface area contributed by atoms with E-state index in [4.69, 9.17) is 11.6 Å². The molecule has 6 nitrogen and oxygen atoms in total. The van der Waals surface area contributed by atoms with Crippen LogP contribution in [0.2, 0.25) is 5.02 Å². The molecule has 26 heavy (non-hydrogen) atoms. The Kier molecular flexibility index (Phi) is 4.97. The summed E-state index contributed by atoms with van der Waals surface area (Å²) in [6.07, 6.45) is 2.53. The van der Waals surface area contributed by atoms with E-state index >= 15 is 0 Å². The standard InChI is InChI=1S/C19H24ClN3O3/c1-12(10-13-4-8-15(20)9-5-13)22(3)16(24)11-23-17(25)19(2,14-6-7-14)21-18(23)26/h4-5,8-9,12,14H,6-7,10-11H2,1-3H3,(H,21,26). The second-order valence-corrected chi connectivity index (χ2v) is 7.92. The van der Waals surface area contributed by atoms with Crippen molar-refractivity contribution in [2.75, 3.05) is 13.6 Å². The molecule has 0 radical (unpaired) electrons. The van der Waals surface area contributed by atoms with Crippen LogP contribution in [0.4, 0.5) is 4.79 Å². The second kappa shape index (κ2) is 6.91. The van der Waals surface area contributed by atoms with E-state index in [-0.39, 0.29) is 30.3 Å². The van der Waals surface area contributed by atoms with Gasteiger partial charge in [-0.2, -0.15) is 0 Å². The first-order valence-corrected chi connectivity index (χ1v) is 9.24. The van der Waals surface area contributed by atoms with Crippen LogP contribution in [0, 0.1) is 5.92 Å². The molecule has 1 aromatic rings. The summed E-state index contributed by atoms with van der Waals surface area (Å²) in [7, 11) is 1.70. The summed E-state index contributed by atoms with van der Waals surface area (Å²) in [6, 6.07) is 6.94. The minimum atomic E-state index is -0.856. The average Bonchev–Trinajstić information content (AvgIpc) is 3.42. The molecule has 1 aliphatic heterocycles. The third kappa shape index (κ3) is 3.56. The lowest BCUT2D eigenvalue weighted by Gasteiger charge is -2.27.